The van der Waals surface area contributed by atoms with Crippen LogP contribution in [0.15, 0.2) is 79.9 Å². The molecule has 2 aromatic carbocycles. The van der Waals surface area contributed by atoms with Gasteiger partial charge in [0, 0.05) is 34.6 Å². The van der Waals surface area contributed by atoms with Crippen molar-refractivity contribution in [3.05, 3.63) is 85.6 Å². The fraction of sp³-hybridized carbons (Fsp3) is 0.0435. The van der Waals surface area contributed by atoms with Gasteiger partial charge in [-0.1, -0.05) is 24.8 Å². The Balaban J connectivity index is 1.94. The number of benzene rings is 2. The molecule has 154 valence electrons. The maximum atomic E-state index is 13.5. The molecule has 0 aliphatic heterocycles. The highest BCUT2D eigenvalue weighted by Crippen LogP contribution is 2.39. The Kier molecular flexibility index (Phi) is 5.21. The normalized spacial score (nSPS) is 11.3. The quantitative estimate of drug-likeness (QED) is 0.443. The van der Waals surface area contributed by atoms with Gasteiger partial charge in [-0.3, -0.25) is 9.78 Å². The van der Waals surface area contributed by atoms with E-state index < -0.39 is 11.9 Å². The molecule has 31 heavy (non-hydrogen) atoms. The summed E-state index contributed by atoms with van der Waals surface area (Å²) in [6.07, 6.45) is 0.580. The van der Waals surface area contributed by atoms with Crippen molar-refractivity contribution in [2.45, 2.75) is 6.18 Å². The van der Waals surface area contributed by atoms with Crippen molar-refractivity contribution in [2.75, 3.05) is 5.32 Å². The van der Waals surface area contributed by atoms with Crippen molar-refractivity contribution in [3.63, 3.8) is 0 Å². The molecule has 2 aromatic heterocycles. The standard InChI is InChI=1S/C23H15F3N4O/c1-2-20(31)30-17-6-3-5-14(10-17)19-11-15(9-16-12-27-13-29-21(16)19)18-7-4-8-28-22(18)23(24,25)26/h2-13H,1H2,(H,30,31). The van der Waals surface area contributed by atoms with E-state index in [9.17, 15) is 18.0 Å². The van der Waals surface area contributed by atoms with E-state index in [2.05, 4.69) is 26.8 Å². The predicted molar refractivity (Wildman–Crippen MR) is 112 cm³/mol. The maximum Gasteiger partial charge on any atom is 0.433 e. The lowest BCUT2D eigenvalue weighted by molar-refractivity contribution is -0.140. The number of alkyl halides is 3. The molecule has 2 heterocycles. The van der Waals surface area contributed by atoms with E-state index in [1.807, 2.05) is 0 Å². The van der Waals surface area contributed by atoms with Crippen LogP contribution in [0.2, 0.25) is 0 Å². The van der Waals surface area contributed by atoms with E-state index in [0.29, 0.717) is 33.3 Å². The third-order valence-electron chi connectivity index (χ3n) is 4.62. The maximum absolute atomic E-state index is 13.5. The van der Waals surface area contributed by atoms with Crippen LogP contribution in [0.1, 0.15) is 5.69 Å². The molecule has 0 spiro atoms. The van der Waals surface area contributed by atoms with Gasteiger partial charge in [-0.2, -0.15) is 13.2 Å². The smallest absolute Gasteiger partial charge is 0.323 e. The lowest BCUT2D eigenvalue weighted by Gasteiger charge is -2.14. The summed E-state index contributed by atoms with van der Waals surface area (Å²) in [6, 6.07) is 13.0. The topological polar surface area (TPSA) is 67.8 Å². The van der Waals surface area contributed by atoms with Crippen LogP contribution in [0.3, 0.4) is 0 Å². The number of aromatic nitrogens is 3. The SMILES string of the molecule is C=CC(=O)Nc1cccc(-c2cc(-c3cccnc3C(F)(F)F)cc3cncnc23)c1. The molecule has 8 heteroatoms. The third kappa shape index (κ3) is 4.13. The summed E-state index contributed by atoms with van der Waals surface area (Å²) in [5.74, 6) is -0.372. The van der Waals surface area contributed by atoms with Crippen LogP contribution in [0.5, 0.6) is 0 Å². The van der Waals surface area contributed by atoms with Crippen LogP contribution in [-0.2, 0) is 11.0 Å². The number of hydrogen-bond acceptors (Lipinski definition) is 4. The summed E-state index contributed by atoms with van der Waals surface area (Å²) in [4.78, 5) is 23.5. The molecule has 0 radical (unpaired) electrons. The monoisotopic (exact) mass is 420 g/mol. The van der Waals surface area contributed by atoms with Gasteiger partial charge in [-0.25, -0.2) is 9.97 Å². The average Bonchev–Trinajstić information content (AvgIpc) is 2.78. The molecular weight excluding hydrogens is 405 g/mol. The molecule has 0 aliphatic rings. The van der Waals surface area contributed by atoms with Crippen molar-refractivity contribution < 1.29 is 18.0 Å². The molecule has 4 aromatic rings. The average molecular weight is 420 g/mol. The van der Waals surface area contributed by atoms with Crippen LogP contribution in [0.4, 0.5) is 18.9 Å². The largest absolute Gasteiger partial charge is 0.433 e. The van der Waals surface area contributed by atoms with Crippen LogP contribution in [0, 0.1) is 0 Å². The second-order valence-corrected chi connectivity index (χ2v) is 6.66. The van der Waals surface area contributed by atoms with Gasteiger partial charge < -0.3 is 5.32 Å². The fourth-order valence-electron chi connectivity index (χ4n) is 3.30. The van der Waals surface area contributed by atoms with Gasteiger partial charge in [0.1, 0.15) is 6.33 Å². The van der Waals surface area contributed by atoms with Gasteiger partial charge in [0.05, 0.1) is 5.52 Å². The number of pyridine rings is 1. The van der Waals surface area contributed by atoms with Gasteiger partial charge in [0.2, 0.25) is 5.91 Å². The van der Waals surface area contributed by atoms with Gasteiger partial charge in [-0.15, -0.1) is 0 Å². The molecule has 0 fully saturated rings. The third-order valence-corrected chi connectivity index (χ3v) is 4.62. The summed E-state index contributed by atoms with van der Waals surface area (Å²) in [7, 11) is 0. The first kappa shape index (κ1) is 20.2. The summed E-state index contributed by atoms with van der Waals surface area (Å²) in [6.45, 7) is 3.42. The number of anilines is 1. The highest BCUT2D eigenvalue weighted by Gasteiger charge is 2.35. The predicted octanol–water partition coefficient (Wildman–Crippen LogP) is 5.50. The second kappa shape index (κ2) is 7.98. The Morgan fingerprint density at radius 2 is 1.84 bits per heavy atom. The van der Waals surface area contributed by atoms with Crippen LogP contribution in [-0.4, -0.2) is 20.9 Å². The molecule has 0 atom stereocenters. The Morgan fingerprint density at radius 3 is 2.61 bits per heavy atom. The Hall–Kier alpha value is -4.07. The molecule has 0 aliphatic carbocycles. The van der Waals surface area contributed by atoms with Gasteiger partial charge in [0.15, 0.2) is 5.69 Å². The van der Waals surface area contributed by atoms with Crippen molar-refractivity contribution in [1.82, 2.24) is 15.0 Å². The number of halogens is 3. The number of nitrogens with one attached hydrogen (secondary N) is 1. The van der Waals surface area contributed by atoms with E-state index in [1.165, 1.54) is 18.5 Å². The van der Waals surface area contributed by atoms with E-state index in [4.69, 9.17) is 0 Å². The van der Waals surface area contributed by atoms with Crippen LogP contribution < -0.4 is 5.32 Å². The Labute approximate surface area is 175 Å². The summed E-state index contributed by atoms with van der Waals surface area (Å²) >= 11 is 0. The fourth-order valence-corrected chi connectivity index (χ4v) is 3.30. The minimum absolute atomic E-state index is 0.0434. The van der Waals surface area contributed by atoms with Crippen LogP contribution in [0.25, 0.3) is 33.2 Å². The van der Waals surface area contributed by atoms with Crippen molar-refractivity contribution in [2.24, 2.45) is 0 Å². The first-order valence-corrected chi connectivity index (χ1v) is 9.17. The number of amides is 1. The minimum Gasteiger partial charge on any atom is -0.323 e. The van der Waals surface area contributed by atoms with Crippen molar-refractivity contribution in [1.29, 1.82) is 0 Å². The molecule has 0 unspecified atom stereocenters. The number of hydrogen-bond donors (Lipinski definition) is 1. The van der Waals surface area contributed by atoms with Gasteiger partial charge >= 0.3 is 6.18 Å². The molecular formula is C23H15F3N4O. The molecule has 1 N–H and O–H groups in total. The van der Waals surface area contributed by atoms with Gasteiger partial charge in [0.25, 0.3) is 0 Å². The minimum atomic E-state index is -4.60. The molecule has 0 saturated heterocycles. The zero-order valence-corrected chi connectivity index (χ0v) is 16.0. The summed E-state index contributed by atoms with van der Waals surface area (Å²) < 4.78 is 40.6. The van der Waals surface area contributed by atoms with E-state index >= 15 is 0 Å². The van der Waals surface area contributed by atoms with Crippen LogP contribution >= 0.6 is 0 Å². The molecule has 4 rings (SSSR count). The van der Waals surface area contributed by atoms with Gasteiger partial charge in [-0.05, 0) is 47.5 Å². The molecule has 1 amide bonds. The molecule has 0 bridgehead atoms. The number of nitrogens with zero attached hydrogens (tertiary/aromatic N) is 3. The number of carbonyl (C=O) groups excluding carboxylic acids is 1. The summed E-state index contributed by atoms with van der Waals surface area (Å²) in [5.41, 5.74) is 1.68. The highest BCUT2D eigenvalue weighted by molar-refractivity contribution is 6.01. The Bertz CT molecular complexity index is 1300. The molecule has 5 nitrogen and oxygen atoms in total. The number of rotatable bonds is 4. The first-order valence-electron chi connectivity index (χ1n) is 9.17. The summed E-state index contributed by atoms with van der Waals surface area (Å²) in [5, 5.41) is 3.25. The Morgan fingerprint density at radius 1 is 1.00 bits per heavy atom. The first-order chi connectivity index (χ1) is 14.9. The number of fused-ring (bicyclic) bond motifs is 1. The zero-order chi connectivity index (χ0) is 22.0. The van der Waals surface area contributed by atoms with E-state index in [1.54, 1.807) is 42.6 Å². The van der Waals surface area contributed by atoms with E-state index in [0.717, 1.165) is 12.3 Å². The zero-order valence-electron chi connectivity index (χ0n) is 16.0. The van der Waals surface area contributed by atoms with E-state index in [-0.39, 0.29) is 11.5 Å². The lowest BCUT2D eigenvalue weighted by Crippen LogP contribution is -2.09. The molecule has 0 saturated carbocycles. The second-order valence-electron chi connectivity index (χ2n) is 6.66. The lowest BCUT2D eigenvalue weighted by atomic mass is 9.95. The van der Waals surface area contributed by atoms with Crippen molar-refractivity contribution in [3.8, 4) is 22.3 Å². The number of carbonyl (C=O) groups is 1. The van der Waals surface area contributed by atoms with Crippen molar-refractivity contribution >= 4 is 22.5 Å². The highest BCUT2D eigenvalue weighted by atomic mass is 19.4.